The van der Waals surface area contributed by atoms with Crippen LogP contribution in [-0.4, -0.2) is 15.0 Å². The predicted molar refractivity (Wildman–Crippen MR) is 47.5 cm³/mol. The first-order valence-electron chi connectivity index (χ1n) is 3.27. The summed E-state index contributed by atoms with van der Waals surface area (Å²) >= 11 is 11.4. The quantitative estimate of drug-likeness (QED) is 0.460. The van der Waals surface area contributed by atoms with Gasteiger partial charge in [0.2, 0.25) is 5.28 Å². The van der Waals surface area contributed by atoms with Crippen LogP contribution in [0.1, 0.15) is 5.56 Å². The summed E-state index contributed by atoms with van der Waals surface area (Å²) in [6.07, 6.45) is 2.87. The minimum Gasteiger partial charge on any atom is -0.462 e. The number of halogens is 2. The Bertz CT molecular complexity index is 440. The van der Waals surface area contributed by atoms with Gasteiger partial charge in [0.15, 0.2) is 0 Å². The third-order valence-electron chi connectivity index (χ3n) is 1.58. The maximum absolute atomic E-state index is 5.83. The van der Waals surface area contributed by atoms with Gasteiger partial charge in [-0.3, -0.25) is 4.98 Å². The monoisotopic (exact) mass is 289 g/mol. The van der Waals surface area contributed by atoms with Crippen molar-refractivity contribution in [3.63, 3.8) is 0 Å². The summed E-state index contributed by atoms with van der Waals surface area (Å²) in [6, 6.07) is 0. The molecule has 0 fully saturated rings. The summed E-state index contributed by atoms with van der Waals surface area (Å²) in [5.41, 5.74) is 1.52. The molecule has 3 nitrogen and oxygen atoms in total. The molecule has 0 spiro atoms. The molecular formula is C7H4Cl2N3Y-. The van der Waals surface area contributed by atoms with Crippen LogP contribution in [0.25, 0.3) is 11.0 Å². The van der Waals surface area contributed by atoms with Gasteiger partial charge in [-0.1, -0.05) is 23.9 Å². The van der Waals surface area contributed by atoms with E-state index in [1.807, 2.05) is 6.92 Å². The average Bonchev–Trinajstić information content (AvgIpc) is 2.31. The predicted octanol–water partition coefficient (Wildman–Crippen LogP) is 2.37. The molecule has 0 atom stereocenters. The fraction of sp³-hybridized carbons (Fsp3) is 0.143. The van der Waals surface area contributed by atoms with Crippen molar-refractivity contribution in [2.45, 2.75) is 6.92 Å². The zero-order valence-electron chi connectivity index (χ0n) is 6.73. The van der Waals surface area contributed by atoms with E-state index in [-0.39, 0.29) is 38.0 Å². The molecular weight excluding hydrogens is 286 g/mol. The van der Waals surface area contributed by atoms with Crippen LogP contribution in [-0.2, 0) is 32.7 Å². The largest absolute Gasteiger partial charge is 0.462 e. The molecule has 0 bridgehead atoms. The number of rotatable bonds is 0. The van der Waals surface area contributed by atoms with Crippen LogP contribution >= 0.6 is 23.2 Å². The van der Waals surface area contributed by atoms with Crippen molar-refractivity contribution in [1.82, 2.24) is 15.0 Å². The number of hydrogen-bond donors (Lipinski definition) is 1. The molecule has 2 heterocycles. The molecule has 2 aromatic heterocycles. The van der Waals surface area contributed by atoms with E-state index < -0.39 is 0 Å². The molecule has 2 aromatic rings. The molecule has 13 heavy (non-hydrogen) atoms. The van der Waals surface area contributed by atoms with Gasteiger partial charge in [-0.05, 0) is 17.2 Å². The van der Waals surface area contributed by atoms with Crippen LogP contribution in [0.15, 0.2) is 0 Å². The van der Waals surface area contributed by atoms with Crippen molar-refractivity contribution in [3.05, 3.63) is 22.2 Å². The molecule has 65 valence electrons. The van der Waals surface area contributed by atoms with Gasteiger partial charge in [0.25, 0.3) is 0 Å². The summed E-state index contributed by atoms with van der Waals surface area (Å²) in [7, 11) is 0. The van der Waals surface area contributed by atoms with Crippen molar-refractivity contribution in [3.8, 4) is 0 Å². The number of H-pyrrole nitrogens is 1. The first kappa shape index (κ1) is 11.4. The van der Waals surface area contributed by atoms with E-state index in [0.29, 0.717) is 10.8 Å². The second kappa shape index (κ2) is 4.22. The number of nitrogens with one attached hydrogen (secondary N) is 1. The summed E-state index contributed by atoms with van der Waals surface area (Å²) in [4.78, 5) is 10.6. The van der Waals surface area contributed by atoms with Crippen LogP contribution < -0.4 is 0 Å². The van der Waals surface area contributed by atoms with Gasteiger partial charge in [-0.15, -0.1) is 11.8 Å². The molecule has 0 aliphatic heterocycles. The van der Waals surface area contributed by atoms with E-state index >= 15 is 0 Å². The molecule has 0 aliphatic carbocycles. The van der Waals surface area contributed by atoms with Crippen molar-refractivity contribution < 1.29 is 32.7 Å². The Morgan fingerprint density at radius 3 is 2.69 bits per heavy atom. The molecule has 0 unspecified atom stereocenters. The summed E-state index contributed by atoms with van der Waals surface area (Å²) in [6.45, 7) is 1.88. The van der Waals surface area contributed by atoms with E-state index in [0.717, 1.165) is 10.9 Å². The topological polar surface area (TPSA) is 41.6 Å². The fourth-order valence-corrected chi connectivity index (χ4v) is 1.57. The number of aromatic nitrogens is 3. The van der Waals surface area contributed by atoms with E-state index in [1.165, 1.54) is 0 Å². The summed E-state index contributed by atoms with van der Waals surface area (Å²) in [5, 5.41) is 1.28. The van der Waals surface area contributed by atoms with Gasteiger partial charge in [0.05, 0.1) is 5.15 Å². The first-order valence-corrected chi connectivity index (χ1v) is 4.03. The van der Waals surface area contributed by atoms with Crippen molar-refractivity contribution >= 4 is 34.2 Å². The molecule has 0 saturated heterocycles. The number of hydrogen-bond acceptors (Lipinski definition) is 2. The second-order valence-corrected chi connectivity index (χ2v) is 3.08. The minimum absolute atomic E-state index is 0. The Labute approximate surface area is 110 Å². The van der Waals surface area contributed by atoms with Gasteiger partial charge in [-0.25, -0.2) is 4.98 Å². The van der Waals surface area contributed by atoms with Crippen LogP contribution in [0, 0.1) is 13.1 Å². The van der Waals surface area contributed by atoms with Crippen LogP contribution in [0.5, 0.6) is 0 Å². The normalized spacial score (nSPS) is 10.1. The SMILES string of the molecule is Cc1[c-][nH]c2nc(Cl)nc(Cl)c12.[Y]. The van der Waals surface area contributed by atoms with E-state index in [9.17, 15) is 0 Å². The molecule has 0 aliphatic rings. The van der Waals surface area contributed by atoms with Gasteiger partial charge in [0, 0.05) is 32.7 Å². The van der Waals surface area contributed by atoms with Crippen LogP contribution in [0.4, 0.5) is 0 Å². The Morgan fingerprint density at radius 1 is 1.31 bits per heavy atom. The number of nitrogens with zero attached hydrogens (tertiary/aromatic N) is 2. The third kappa shape index (κ3) is 2.04. The van der Waals surface area contributed by atoms with Gasteiger partial charge in [-0.2, -0.15) is 0 Å². The second-order valence-electron chi connectivity index (χ2n) is 2.38. The zero-order chi connectivity index (χ0) is 8.72. The van der Waals surface area contributed by atoms with Gasteiger partial charge in [0.1, 0.15) is 0 Å². The van der Waals surface area contributed by atoms with Crippen molar-refractivity contribution in [2.75, 3.05) is 0 Å². The summed E-state index contributed by atoms with van der Waals surface area (Å²) < 4.78 is 0. The number of aryl methyl sites for hydroxylation is 1. The van der Waals surface area contributed by atoms with E-state index in [2.05, 4.69) is 21.1 Å². The maximum atomic E-state index is 5.83. The molecule has 6 heteroatoms. The molecule has 0 amide bonds. The standard InChI is InChI=1S/C7H4Cl2N3.Y/c1-3-2-10-6-4(3)5(8)11-7(9)12-6;/h1H3,(H,10,11,12);/q-1;. The smallest absolute Gasteiger partial charge is 0.211 e. The third-order valence-corrected chi connectivity index (χ3v) is 2.02. The fourth-order valence-electron chi connectivity index (χ4n) is 1.05. The Kier molecular flexibility index (Phi) is 3.69. The van der Waals surface area contributed by atoms with Crippen molar-refractivity contribution in [2.24, 2.45) is 0 Å². The van der Waals surface area contributed by atoms with Crippen molar-refractivity contribution in [1.29, 1.82) is 0 Å². The molecule has 0 aromatic carbocycles. The van der Waals surface area contributed by atoms with E-state index in [1.54, 1.807) is 0 Å². The first-order chi connectivity index (χ1) is 5.68. The Morgan fingerprint density at radius 2 is 2.00 bits per heavy atom. The minimum atomic E-state index is 0. The molecule has 0 saturated carbocycles. The van der Waals surface area contributed by atoms with E-state index in [4.69, 9.17) is 23.2 Å². The van der Waals surface area contributed by atoms with Crippen LogP contribution in [0.2, 0.25) is 10.4 Å². The Balaban J connectivity index is 0.000000845. The molecule has 2 rings (SSSR count). The molecule has 1 radical (unpaired) electrons. The van der Waals surface area contributed by atoms with Crippen LogP contribution in [0.3, 0.4) is 0 Å². The molecule has 1 N–H and O–H groups in total. The van der Waals surface area contributed by atoms with Gasteiger partial charge < -0.3 is 4.98 Å². The zero-order valence-corrected chi connectivity index (χ0v) is 11.1. The van der Waals surface area contributed by atoms with Gasteiger partial charge >= 0.3 is 0 Å². The average molecular weight is 290 g/mol. The number of fused-ring (bicyclic) bond motifs is 1. The maximum Gasteiger partial charge on any atom is 0.211 e. The summed E-state index contributed by atoms with van der Waals surface area (Å²) in [5.74, 6) is 0. The number of aromatic amines is 1. The Hall–Kier alpha value is 0.304.